The second-order valence-electron chi connectivity index (χ2n) is 7.05. The average molecular weight is 392 g/mol. The number of rotatable bonds is 7. The molecule has 0 bridgehead atoms. The van der Waals surface area contributed by atoms with E-state index in [0.717, 1.165) is 11.3 Å². The summed E-state index contributed by atoms with van der Waals surface area (Å²) in [7, 11) is 0. The van der Waals surface area contributed by atoms with Gasteiger partial charge >= 0.3 is 0 Å². The Morgan fingerprint density at radius 3 is 2.31 bits per heavy atom. The van der Waals surface area contributed by atoms with Crippen LogP contribution in [0.15, 0.2) is 53.1 Å². The van der Waals surface area contributed by atoms with Gasteiger partial charge < -0.3 is 15.2 Å². The lowest BCUT2D eigenvalue weighted by molar-refractivity contribution is -0.116. The van der Waals surface area contributed by atoms with E-state index in [2.05, 4.69) is 34.6 Å². The van der Waals surface area contributed by atoms with E-state index in [-0.39, 0.29) is 24.8 Å². The molecule has 150 valence electrons. The van der Waals surface area contributed by atoms with Crippen LogP contribution in [-0.2, 0) is 4.79 Å². The molecule has 0 unspecified atom stereocenters. The lowest BCUT2D eigenvalue weighted by Crippen LogP contribution is -2.27. The lowest BCUT2D eigenvalue weighted by Gasteiger charge is -2.09. The van der Waals surface area contributed by atoms with Crippen LogP contribution in [0.1, 0.15) is 48.0 Å². The predicted octanol–water partition coefficient (Wildman–Crippen LogP) is 3.93. The van der Waals surface area contributed by atoms with Crippen LogP contribution in [0.25, 0.3) is 11.4 Å². The minimum atomic E-state index is -0.241. The largest absolute Gasteiger partial charge is 0.352 e. The summed E-state index contributed by atoms with van der Waals surface area (Å²) in [5, 5.41) is 9.44. The van der Waals surface area contributed by atoms with Gasteiger partial charge in [0.1, 0.15) is 0 Å². The van der Waals surface area contributed by atoms with E-state index in [1.807, 2.05) is 24.3 Å². The van der Waals surface area contributed by atoms with E-state index in [0.29, 0.717) is 23.2 Å². The molecule has 2 amide bonds. The molecular weight excluding hydrogens is 368 g/mol. The fourth-order valence-electron chi connectivity index (χ4n) is 2.75. The third-order valence-electron chi connectivity index (χ3n) is 4.43. The van der Waals surface area contributed by atoms with E-state index in [4.69, 9.17) is 4.52 Å². The van der Waals surface area contributed by atoms with Crippen LogP contribution < -0.4 is 10.6 Å². The van der Waals surface area contributed by atoms with Gasteiger partial charge in [-0.15, -0.1) is 0 Å². The highest BCUT2D eigenvalue weighted by molar-refractivity contribution is 5.95. The molecule has 0 fully saturated rings. The summed E-state index contributed by atoms with van der Waals surface area (Å²) in [6.45, 7) is 6.21. The van der Waals surface area contributed by atoms with Crippen molar-refractivity contribution in [2.24, 2.45) is 0 Å². The zero-order valence-corrected chi connectivity index (χ0v) is 16.7. The molecule has 0 radical (unpaired) electrons. The summed E-state index contributed by atoms with van der Waals surface area (Å²) in [4.78, 5) is 28.5. The molecule has 0 saturated heterocycles. The normalized spacial score (nSPS) is 10.8. The summed E-state index contributed by atoms with van der Waals surface area (Å²) in [5.74, 6) is 1.02. The molecule has 7 heteroatoms. The van der Waals surface area contributed by atoms with E-state index < -0.39 is 0 Å². The Kier molecular flexibility index (Phi) is 6.39. The maximum atomic E-state index is 12.2. The van der Waals surface area contributed by atoms with Gasteiger partial charge in [0.2, 0.25) is 17.6 Å². The first-order chi connectivity index (χ1) is 13.9. The molecular formula is C22H24N4O3. The Bertz CT molecular complexity index is 976. The number of aryl methyl sites for hydroxylation is 1. The molecule has 0 atom stereocenters. The molecule has 0 aliphatic heterocycles. The quantitative estimate of drug-likeness (QED) is 0.635. The number of hydrogen-bond acceptors (Lipinski definition) is 5. The Hall–Kier alpha value is -3.48. The summed E-state index contributed by atoms with van der Waals surface area (Å²) < 4.78 is 4.95. The minimum Gasteiger partial charge on any atom is -0.352 e. The summed E-state index contributed by atoms with van der Waals surface area (Å²) in [5.41, 5.74) is 3.23. The molecule has 1 heterocycles. The van der Waals surface area contributed by atoms with E-state index in [1.54, 1.807) is 31.2 Å². The smallest absolute Gasteiger partial charge is 0.251 e. The molecule has 3 aromatic rings. The number of carbonyl (C=O) groups excluding carboxylic acids is 2. The van der Waals surface area contributed by atoms with E-state index >= 15 is 0 Å². The first-order valence-electron chi connectivity index (χ1n) is 9.51. The third-order valence-corrected chi connectivity index (χ3v) is 4.43. The molecule has 3 rings (SSSR count). The number of anilines is 1. The van der Waals surface area contributed by atoms with Gasteiger partial charge in [-0.25, -0.2) is 0 Å². The molecule has 2 N–H and O–H groups in total. The standard InChI is InChI=1S/C22H24N4O3/c1-14(2)16-8-10-19(11-9-16)25-20(27)12-13-23-22(28)18-6-4-17(5-7-18)21-24-15(3)29-26-21/h4-11,14H,12-13H2,1-3H3,(H,23,28)(H,25,27). The number of amides is 2. The first-order valence-corrected chi connectivity index (χ1v) is 9.51. The maximum absolute atomic E-state index is 12.2. The zero-order valence-electron chi connectivity index (χ0n) is 16.7. The van der Waals surface area contributed by atoms with Crippen molar-refractivity contribution in [2.45, 2.75) is 33.1 Å². The van der Waals surface area contributed by atoms with Gasteiger partial charge in [0.25, 0.3) is 5.91 Å². The Morgan fingerprint density at radius 2 is 1.72 bits per heavy atom. The SMILES string of the molecule is Cc1nc(-c2ccc(C(=O)NCCC(=O)Nc3ccc(C(C)C)cc3)cc2)no1. The van der Waals surface area contributed by atoms with Crippen LogP contribution in [0, 0.1) is 6.92 Å². The van der Waals surface area contributed by atoms with Crippen molar-refractivity contribution in [1.82, 2.24) is 15.5 Å². The Labute approximate surface area is 169 Å². The number of nitrogens with one attached hydrogen (secondary N) is 2. The van der Waals surface area contributed by atoms with Crippen molar-refractivity contribution >= 4 is 17.5 Å². The fraction of sp³-hybridized carbons (Fsp3) is 0.273. The van der Waals surface area contributed by atoms with E-state index in [1.165, 1.54) is 5.56 Å². The van der Waals surface area contributed by atoms with Gasteiger partial charge in [0, 0.05) is 36.7 Å². The van der Waals surface area contributed by atoms with Crippen LogP contribution in [0.3, 0.4) is 0 Å². The van der Waals surface area contributed by atoms with Crippen molar-refractivity contribution < 1.29 is 14.1 Å². The molecule has 1 aromatic heterocycles. The molecule has 0 spiro atoms. The summed E-state index contributed by atoms with van der Waals surface area (Å²) in [6.07, 6.45) is 0.192. The topological polar surface area (TPSA) is 97.1 Å². The van der Waals surface area contributed by atoms with Gasteiger partial charge in [-0.2, -0.15) is 4.98 Å². The zero-order chi connectivity index (χ0) is 20.8. The van der Waals surface area contributed by atoms with Gasteiger partial charge in [-0.05, 0) is 35.7 Å². The summed E-state index contributed by atoms with van der Waals surface area (Å²) >= 11 is 0. The maximum Gasteiger partial charge on any atom is 0.251 e. The highest BCUT2D eigenvalue weighted by Gasteiger charge is 2.10. The third kappa shape index (κ3) is 5.51. The first kappa shape index (κ1) is 20.3. The molecule has 0 saturated carbocycles. The second-order valence-corrected chi connectivity index (χ2v) is 7.05. The molecule has 2 aromatic carbocycles. The highest BCUT2D eigenvalue weighted by atomic mass is 16.5. The van der Waals surface area contributed by atoms with Crippen LogP contribution in [-0.4, -0.2) is 28.5 Å². The van der Waals surface area contributed by atoms with Crippen LogP contribution in [0.4, 0.5) is 5.69 Å². The number of nitrogens with zero attached hydrogens (tertiary/aromatic N) is 2. The fourth-order valence-corrected chi connectivity index (χ4v) is 2.75. The Morgan fingerprint density at radius 1 is 1.03 bits per heavy atom. The van der Waals surface area contributed by atoms with Crippen molar-refractivity contribution in [3.8, 4) is 11.4 Å². The van der Waals surface area contributed by atoms with Crippen LogP contribution >= 0.6 is 0 Å². The highest BCUT2D eigenvalue weighted by Crippen LogP contribution is 2.18. The van der Waals surface area contributed by atoms with Crippen molar-refractivity contribution in [2.75, 3.05) is 11.9 Å². The lowest BCUT2D eigenvalue weighted by atomic mass is 10.0. The number of aromatic nitrogens is 2. The monoisotopic (exact) mass is 392 g/mol. The van der Waals surface area contributed by atoms with Crippen molar-refractivity contribution in [3.63, 3.8) is 0 Å². The molecule has 0 aliphatic rings. The number of benzene rings is 2. The van der Waals surface area contributed by atoms with Gasteiger partial charge in [0.05, 0.1) is 0 Å². The molecule has 0 aliphatic carbocycles. The van der Waals surface area contributed by atoms with Gasteiger partial charge in [-0.3, -0.25) is 9.59 Å². The number of carbonyl (C=O) groups is 2. The molecule has 29 heavy (non-hydrogen) atoms. The van der Waals surface area contributed by atoms with Crippen molar-refractivity contribution in [3.05, 3.63) is 65.5 Å². The van der Waals surface area contributed by atoms with Gasteiger partial charge in [-0.1, -0.05) is 43.3 Å². The molecule has 7 nitrogen and oxygen atoms in total. The Balaban J connectivity index is 1.46. The number of hydrogen-bond donors (Lipinski definition) is 2. The average Bonchev–Trinajstić information content (AvgIpc) is 3.15. The predicted molar refractivity (Wildman–Crippen MR) is 111 cm³/mol. The van der Waals surface area contributed by atoms with Crippen LogP contribution in [0.5, 0.6) is 0 Å². The van der Waals surface area contributed by atoms with E-state index in [9.17, 15) is 9.59 Å². The van der Waals surface area contributed by atoms with Crippen molar-refractivity contribution in [1.29, 1.82) is 0 Å². The second kappa shape index (κ2) is 9.14. The van der Waals surface area contributed by atoms with Gasteiger partial charge in [0.15, 0.2) is 0 Å². The van der Waals surface area contributed by atoms with Crippen LogP contribution in [0.2, 0.25) is 0 Å². The minimum absolute atomic E-state index is 0.148. The summed E-state index contributed by atoms with van der Waals surface area (Å²) in [6, 6.07) is 14.7.